The number of aromatic nitrogens is 2. The summed E-state index contributed by atoms with van der Waals surface area (Å²) in [6, 6.07) is 8.19. The second kappa shape index (κ2) is 10.5. The smallest absolute Gasteiger partial charge is 0.243 e. The van der Waals surface area contributed by atoms with Gasteiger partial charge in [-0.3, -0.25) is 9.48 Å². The van der Waals surface area contributed by atoms with Gasteiger partial charge in [0, 0.05) is 25.5 Å². The van der Waals surface area contributed by atoms with Crippen LogP contribution >= 0.6 is 24.0 Å². The maximum atomic E-state index is 12.0. The number of amides is 1. The Bertz CT molecular complexity index is 699. The number of phenolic OH excluding ortho intramolecular Hbond substituents is 1. The number of nitrogens with one attached hydrogen (secondary N) is 3. The molecule has 0 saturated carbocycles. The molecule has 4 N–H and O–H groups in total. The van der Waals surface area contributed by atoms with E-state index in [1.54, 1.807) is 23.0 Å². The van der Waals surface area contributed by atoms with Gasteiger partial charge >= 0.3 is 0 Å². The molecule has 1 aromatic heterocycles. The van der Waals surface area contributed by atoms with Crippen molar-refractivity contribution in [2.24, 2.45) is 12.0 Å². The summed E-state index contributed by atoms with van der Waals surface area (Å²) in [5, 5.41) is 22.1. The van der Waals surface area contributed by atoms with Crippen molar-refractivity contribution in [3.63, 3.8) is 0 Å². The van der Waals surface area contributed by atoms with Gasteiger partial charge in [-0.15, -0.1) is 24.0 Å². The van der Waals surface area contributed by atoms with Gasteiger partial charge in [-0.2, -0.15) is 5.10 Å². The molecule has 0 fully saturated rings. The van der Waals surface area contributed by atoms with Gasteiger partial charge in [-0.25, -0.2) is 4.99 Å². The quantitative estimate of drug-likeness (QED) is 0.227. The number of halogens is 1. The first-order chi connectivity index (χ1) is 11.6. The summed E-state index contributed by atoms with van der Waals surface area (Å²) >= 11 is 0. The van der Waals surface area contributed by atoms with Crippen LogP contribution in [0.3, 0.4) is 0 Å². The van der Waals surface area contributed by atoms with Crippen molar-refractivity contribution >= 4 is 41.5 Å². The molecule has 0 bridgehead atoms. The van der Waals surface area contributed by atoms with Crippen molar-refractivity contribution in [1.82, 2.24) is 20.4 Å². The zero-order valence-corrected chi connectivity index (χ0v) is 16.5. The maximum Gasteiger partial charge on any atom is 0.243 e. The Labute approximate surface area is 163 Å². The molecule has 2 rings (SSSR count). The lowest BCUT2D eigenvalue weighted by molar-refractivity contribution is -0.115. The molecule has 0 radical (unpaired) electrons. The third-order valence-electron chi connectivity index (χ3n) is 3.23. The molecule has 136 valence electrons. The fourth-order valence-electron chi connectivity index (χ4n) is 1.97. The largest absolute Gasteiger partial charge is 0.508 e. The van der Waals surface area contributed by atoms with E-state index in [0.29, 0.717) is 24.7 Å². The highest BCUT2D eigenvalue weighted by Gasteiger charge is 2.05. The third-order valence-corrected chi connectivity index (χ3v) is 3.23. The Hall–Kier alpha value is -2.30. The highest BCUT2D eigenvalue weighted by atomic mass is 127. The minimum Gasteiger partial charge on any atom is -0.508 e. The predicted molar refractivity (Wildman–Crippen MR) is 108 cm³/mol. The van der Waals surface area contributed by atoms with Crippen molar-refractivity contribution in [3.8, 4) is 5.75 Å². The van der Waals surface area contributed by atoms with Crippen LogP contribution in [-0.4, -0.2) is 39.8 Å². The van der Waals surface area contributed by atoms with E-state index in [2.05, 4.69) is 26.0 Å². The first-order valence-corrected chi connectivity index (χ1v) is 7.66. The van der Waals surface area contributed by atoms with E-state index in [9.17, 15) is 9.90 Å². The number of guanidine groups is 1. The SMILES string of the molecule is CCNC(=NCc1ccnn1C)NCC(=O)Nc1ccc(O)cc1.I. The number of nitrogens with zero attached hydrogens (tertiary/aromatic N) is 3. The normalized spacial score (nSPS) is 10.7. The Morgan fingerprint density at radius 1 is 1.24 bits per heavy atom. The van der Waals surface area contributed by atoms with Crippen LogP contribution in [0, 0.1) is 0 Å². The molecule has 0 saturated heterocycles. The molecule has 1 heterocycles. The molecule has 0 aliphatic carbocycles. The van der Waals surface area contributed by atoms with Gasteiger partial charge < -0.3 is 21.1 Å². The van der Waals surface area contributed by atoms with Crippen molar-refractivity contribution in [2.45, 2.75) is 13.5 Å². The second-order valence-electron chi connectivity index (χ2n) is 5.09. The minimum atomic E-state index is -0.202. The average Bonchev–Trinajstić information content (AvgIpc) is 2.97. The summed E-state index contributed by atoms with van der Waals surface area (Å²) in [6.45, 7) is 3.19. The first-order valence-electron chi connectivity index (χ1n) is 7.66. The van der Waals surface area contributed by atoms with Crippen LogP contribution in [0.15, 0.2) is 41.5 Å². The van der Waals surface area contributed by atoms with Crippen molar-refractivity contribution < 1.29 is 9.90 Å². The molecule has 0 unspecified atom stereocenters. The Morgan fingerprint density at radius 2 is 1.96 bits per heavy atom. The number of aliphatic imine (C=N–C) groups is 1. The first kappa shape index (κ1) is 20.7. The molecule has 0 spiro atoms. The van der Waals surface area contributed by atoms with Crippen LogP contribution < -0.4 is 16.0 Å². The Kier molecular flexibility index (Phi) is 8.75. The number of aryl methyl sites for hydroxylation is 1. The van der Waals surface area contributed by atoms with E-state index in [-0.39, 0.29) is 42.2 Å². The summed E-state index contributed by atoms with van der Waals surface area (Å²) in [4.78, 5) is 16.4. The number of anilines is 1. The fourth-order valence-corrected chi connectivity index (χ4v) is 1.97. The van der Waals surface area contributed by atoms with Crippen LogP contribution in [0.2, 0.25) is 0 Å². The zero-order chi connectivity index (χ0) is 17.4. The lowest BCUT2D eigenvalue weighted by Gasteiger charge is -2.11. The number of carbonyl (C=O) groups is 1. The van der Waals surface area contributed by atoms with E-state index >= 15 is 0 Å². The molecule has 9 heteroatoms. The maximum absolute atomic E-state index is 12.0. The summed E-state index contributed by atoms with van der Waals surface area (Å²) in [6.07, 6.45) is 1.72. The zero-order valence-electron chi connectivity index (χ0n) is 14.2. The van der Waals surface area contributed by atoms with Gasteiger partial charge in [-0.05, 0) is 37.3 Å². The number of benzene rings is 1. The van der Waals surface area contributed by atoms with E-state index in [1.807, 2.05) is 20.0 Å². The predicted octanol–water partition coefficient (Wildman–Crippen LogP) is 1.44. The number of carbonyl (C=O) groups excluding carboxylic acids is 1. The number of hydrogen-bond acceptors (Lipinski definition) is 4. The number of aromatic hydroxyl groups is 1. The molecule has 1 amide bonds. The third kappa shape index (κ3) is 6.99. The van der Waals surface area contributed by atoms with E-state index in [4.69, 9.17) is 0 Å². The molecule has 25 heavy (non-hydrogen) atoms. The standard InChI is InChI=1S/C16H22N6O2.HI/c1-3-17-16(18-10-13-8-9-20-22(13)2)19-11-15(24)21-12-4-6-14(23)7-5-12;/h4-9,23H,3,10-11H2,1-2H3,(H,21,24)(H2,17,18,19);1H. The topological polar surface area (TPSA) is 104 Å². The number of rotatable bonds is 6. The Balaban J connectivity index is 0.00000312. The van der Waals surface area contributed by atoms with Gasteiger partial charge in [0.2, 0.25) is 5.91 Å². The van der Waals surface area contributed by atoms with E-state index in [1.165, 1.54) is 12.1 Å². The molecule has 0 aliphatic heterocycles. The van der Waals surface area contributed by atoms with Gasteiger partial charge in [0.05, 0.1) is 18.8 Å². The number of hydrogen-bond donors (Lipinski definition) is 4. The number of phenols is 1. The minimum absolute atomic E-state index is 0. The van der Waals surface area contributed by atoms with Crippen LogP contribution in [0.5, 0.6) is 5.75 Å². The molecule has 2 aromatic rings. The van der Waals surface area contributed by atoms with Crippen molar-refractivity contribution in [1.29, 1.82) is 0 Å². The van der Waals surface area contributed by atoms with E-state index < -0.39 is 0 Å². The molecular weight excluding hydrogens is 435 g/mol. The fraction of sp³-hybridized carbons (Fsp3) is 0.312. The highest BCUT2D eigenvalue weighted by Crippen LogP contribution is 2.13. The van der Waals surface area contributed by atoms with Crippen LogP contribution in [0.4, 0.5) is 5.69 Å². The van der Waals surface area contributed by atoms with Gasteiger partial charge in [0.25, 0.3) is 0 Å². The summed E-state index contributed by atoms with van der Waals surface area (Å²) in [7, 11) is 1.86. The van der Waals surface area contributed by atoms with Gasteiger partial charge in [-0.1, -0.05) is 0 Å². The Morgan fingerprint density at radius 3 is 2.56 bits per heavy atom. The second-order valence-corrected chi connectivity index (χ2v) is 5.09. The van der Waals surface area contributed by atoms with E-state index in [0.717, 1.165) is 5.69 Å². The summed E-state index contributed by atoms with van der Waals surface area (Å²) in [5.74, 6) is 0.509. The highest BCUT2D eigenvalue weighted by molar-refractivity contribution is 14.0. The lowest BCUT2D eigenvalue weighted by Crippen LogP contribution is -2.41. The van der Waals surface area contributed by atoms with Gasteiger partial charge in [0.15, 0.2) is 5.96 Å². The van der Waals surface area contributed by atoms with Crippen molar-refractivity contribution in [2.75, 3.05) is 18.4 Å². The molecule has 1 aromatic carbocycles. The summed E-state index contributed by atoms with van der Waals surface area (Å²) < 4.78 is 1.75. The molecular formula is C16H23IN6O2. The van der Waals surface area contributed by atoms with Crippen LogP contribution in [0.1, 0.15) is 12.6 Å². The summed E-state index contributed by atoms with van der Waals surface area (Å²) in [5.41, 5.74) is 1.59. The van der Waals surface area contributed by atoms with Crippen LogP contribution in [-0.2, 0) is 18.4 Å². The average molecular weight is 458 g/mol. The molecule has 0 aliphatic rings. The monoisotopic (exact) mass is 458 g/mol. The molecule has 8 nitrogen and oxygen atoms in total. The van der Waals surface area contributed by atoms with Crippen LogP contribution in [0.25, 0.3) is 0 Å². The van der Waals surface area contributed by atoms with Gasteiger partial charge in [0.1, 0.15) is 5.75 Å². The van der Waals surface area contributed by atoms with Crippen molar-refractivity contribution in [3.05, 3.63) is 42.2 Å². The molecule has 0 atom stereocenters. The lowest BCUT2D eigenvalue weighted by atomic mass is 10.3.